The Labute approximate surface area is 190 Å². The van der Waals surface area contributed by atoms with Crippen molar-refractivity contribution < 1.29 is 8.42 Å². The molecule has 3 N–H and O–H groups in total. The fourth-order valence-electron chi connectivity index (χ4n) is 4.67. The average molecular weight is 463 g/mol. The van der Waals surface area contributed by atoms with Crippen LogP contribution in [0, 0.1) is 19.8 Å². The van der Waals surface area contributed by atoms with Crippen LogP contribution in [0.1, 0.15) is 56.2 Å². The van der Waals surface area contributed by atoms with Gasteiger partial charge >= 0.3 is 0 Å². The van der Waals surface area contributed by atoms with Gasteiger partial charge in [-0.1, -0.05) is 55.6 Å². The Morgan fingerprint density at radius 1 is 1.16 bits per heavy atom. The van der Waals surface area contributed by atoms with Gasteiger partial charge in [-0.15, -0.1) is 0 Å². The van der Waals surface area contributed by atoms with Gasteiger partial charge in [-0.3, -0.25) is 0 Å². The van der Waals surface area contributed by atoms with Crippen molar-refractivity contribution in [2.75, 3.05) is 25.0 Å². The number of hydrogen-bond donors (Lipinski definition) is 3. The molecule has 170 valence electrons. The van der Waals surface area contributed by atoms with Crippen molar-refractivity contribution in [1.29, 1.82) is 0 Å². The first kappa shape index (κ1) is 22.7. The Balaban J connectivity index is 1.47. The van der Waals surface area contributed by atoms with Crippen molar-refractivity contribution in [3.05, 3.63) is 29.5 Å². The minimum Gasteiger partial charge on any atom is -0.361 e. The van der Waals surface area contributed by atoms with Crippen LogP contribution < -0.4 is 15.4 Å². The van der Waals surface area contributed by atoms with Crippen molar-refractivity contribution in [3.63, 3.8) is 0 Å². The first-order valence-corrected chi connectivity index (χ1v) is 13.8. The van der Waals surface area contributed by atoms with Gasteiger partial charge in [-0.2, -0.15) is 0 Å². The van der Waals surface area contributed by atoms with Gasteiger partial charge in [0.05, 0.1) is 15.5 Å². The lowest BCUT2D eigenvalue weighted by molar-refractivity contribution is 0.345. The lowest BCUT2D eigenvalue weighted by Crippen LogP contribution is -2.36. The molecule has 0 bridgehead atoms. The van der Waals surface area contributed by atoms with Gasteiger partial charge in [0.15, 0.2) is 5.13 Å². The topological polar surface area (TPSA) is 83.1 Å². The number of aromatic nitrogens is 1. The van der Waals surface area contributed by atoms with E-state index in [1.54, 1.807) is 17.4 Å². The minimum absolute atomic E-state index is 0.0434. The molecule has 8 heteroatoms. The molecule has 0 spiro atoms. The molecule has 6 nitrogen and oxygen atoms in total. The first-order valence-electron chi connectivity index (χ1n) is 11.5. The number of benzene rings is 1. The molecule has 1 aromatic carbocycles. The van der Waals surface area contributed by atoms with E-state index in [9.17, 15) is 8.42 Å². The van der Waals surface area contributed by atoms with Crippen LogP contribution in [0.4, 0.5) is 5.13 Å². The van der Waals surface area contributed by atoms with Gasteiger partial charge in [0.25, 0.3) is 0 Å². The average Bonchev–Trinajstić information content (AvgIpc) is 3.38. The molecule has 0 unspecified atom stereocenters. The Morgan fingerprint density at radius 2 is 1.97 bits per heavy atom. The number of hydrogen-bond acceptors (Lipinski definition) is 6. The molecule has 2 aliphatic rings. The number of sulfonamides is 1. The maximum Gasteiger partial charge on any atom is 0.241 e. The number of rotatable bonds is 8. The lowest BCUT2D eigenvalue weighted by atomic mass is 9.87. The fourth-order valence-corrected chi connectivity index (χ4v) is 7.20. The highest BCUT2D eigenvalue weighted by Gasteiger charge is 2.25. The van der Waals surface area contributed by atoms with E-state index in [0.29, 0.717) is 11.4 Å². The molecule has 2 fully saturated rings. The van der Waals surface area contributed by atoms with Crippen molar-refractivity contribution in [1.82, 2.24) is 15.0 Å². The van der Waals surface area contributed by atoms with Gasteiger partial charge in [-0.25, -0.2) is 18.1 Å². The van der Waals surface area contributed by atoms with Gasteiger partial charge in [0, 0.05) is 19.1 Å². The lowest BCUT2D eigenvalue weighted by Gasteiger charge is -2.21. The van der Waals surface area contributed by atoms with E-state index >= 15 is 0 Å². The smallest absolute Gasteiger partial charge is 0.241 e. The molecule has 31 heavy (non-hydrogen) atoms. The highest BCUT2D eigenvalue weighted by atomic mass is 32.2. The summed E-state index contributed by atoms with van der Waals surface area (Å²) in [5.41, 5.74) is 2.60. The summed E-state index contributed by atoms with van der Waals surface area (Å²) in [5, 5.41) is 7.62. The quantitative estimate of drug-likeness (QED) is 0.540. The first-order chi connectivity index (χ1) is 14.9. The summed E-state index contributed by atoms with van der Waals surface area (Å²) in [6.07, 6.45) is 8.86. The molecule has 2 heterocycles. The molecule has 1 saturated carbocycles. The molecule has 4 rings (SSSR count). The minimum atomic E-state index is -3.56. The van der Waals surface area contributed by atoms with Crippen molar-refractivity contribution >= 4 is 26.5 Å². The van der Waals surface area contributed by atoms with Crippen LogP contribution in [0.15, 0.2) is 23.1 Å². The Bertz CT molecular complexity index is 991. The Kier molecular flexibility index (Phi) is 7.31. The van der Waals surface area contributed by atoms with Gasteiger partial charge in [0.2, 0.25) is 10.0 Å². The molecule has 2 aromatic rings. The van der Waals surface area contributed by atoms with Crippen LogP contribution in [0.3, 0.4) is 0 Å². The van der Waals surface area contributed by atoms with E-state index in [1.807, 2.05) is 26.0 Å². The normalized spacial score (nSPS) is 20.3. The zero-order valence-electron chi connectivity index (χ0n) is 18.5. The summed E-state index contributed by atoms with van der Waals surface area (Å²) in [4.78, 5) is 6.09. The second-order valence-electron chi connectivity index (χ2n) is 8.94. The van der Waals surface area contributed by atoms with Crippen molar-refractivity contribution in [2.24, 2.45) is 5.92 Å². The monoisotopic (exact) mass is 462 g/mol. The van der Waals surface area contributed by atoms with Gasteiger partial charge in [0.1, 0.15) is 0 Å². The maximum atomic E-state index is 13.0. The van der Waals surface area contributed by atoms with E-state index < -0.39 is 10.0 Å². The molecule has 1 aromatic heterocycles. The third-order valence-corrected chi connectivity index (χ3v) is 9.30. The van der Waals surface area contributed by atoms with Gasteiger partial charge < -0.3 is 10.6 Å². The van der Waals surface area contributed by atoms with Crippen LogP contribution in [-0.2, 0) is 10.0 Å². The predicted octanol–water partition coefficient (Wildman–Crippen LogP) is 4.45. The molecular weight excluding hydrogens is 428 g/mol. The number of nitrogens with one attached hydrogen (secondary N) is 3. The van der Waals surface area contributed by atoms with Crippen molar-refractivity contribution in [2.45, 2.75) is 69.7 Å². The molecule has 1 saturated heterocycles. The maximum absolute atomic E-state index is 13.0. The zero-order valence-corrected chi connectivity index (χ0v) is 20.2. The SMILES string of the molecule is Cc1ccc(-c2sc(NCCC3CCCCC3)nc2C)cc1S(=O)(=O)N[C@H]1CCNC1. The van der Waals surface area contributed by atoms with Crippen LogP contribution in [0.5, 0.6) is 0 Å². The van der Waals surface area contributed by atoms with E-state index in [4.69, 9.17) is 4.98 Å². The number of anilines is 1. The predicted molar refractivity (Wildman–Crippen MR) is 128 cm³/mol. The molecule has 1 aliphatic carbocycles. The second kappa shape index (κ2) is 9.98. The van der Waals surface area contributed by atoms with Crippen LogP contribution in [0.25, 0.3) is 10.4 Å². The number of aryl methyl sites for hydroxylation is 2. The number of thiazole rings is 1. The standard InChI is InChI=1S/C23H34N4O2S2/c1-16-8-9-19(14-21(16)31(28,29)27-20-11-12-24-15-20)22-17(2)26-23(30-22)25-13-10-18-6-4-3-5-7-18/h8-9,14,18,20,24,27H,3-7,10-13,15H2,1-2H3,(H,25,26)/t20-/m0/s1. The highest BCUT2D eigenvalue weighted by molar-refractivity contribution is 7.89. The van der Waals surface area contributed by atoms with Crippen LogP contribution >= 0.6 is 11.3 Å². The molecule has 0 amide bonds. The molecule has 1 aliphatic heterocycles. The van der Waals surface area contributed by atoms with Crippen molar-refractivity contribution in [3.8, 4) is 10.4 Å². The van der Waals surface area contributed by atoms with E-state index in [-0.39, 0.29) is 6.04 Å². The van der Waals surface area contributed by atoms with Crippen LogP contribution in [0.2, 0.25) is 0 Å². The van der Waals surface area contributed by atoms with E-state index in [0.717, 1.165) is 52.3 Å². The summed E-state index contributed by atoms with van der Waals surface area (Å²) in [6, 6.07) is 5.65. The Morgan fingerprint density at radius 3 is 2.71 bits per heavy atom. The summed E-state index contributed by atoms with van der Waals surface area (Å²) in [5.74, 6) is 0.842. The zero-order chi connectivity index (χ0) is 21.8. The summed E-state index contributed by atoms with van der Waals surface area (Å²) < 4.78 is 28.9. The number of nitrogens with zero attached hydrogens (tertiary/aromatic N) is 1. The van der Waals surface area contributed by atoms with E-state index in [1.165, 1.54) is 38.5 Å². The summed E-state index contributed by atoms with van der Waals surface area (Å²) in [7, 11) is -3.56. The van der Waals surface area contributed by atoms with E-state index in [2.05, 4.69) is 15.4 Å². The van der Waals surface area contributed by atoms with Gasteiger partial charge in [-0.05, 0) is 56.3 Å². The highest BCUT2D eigenvalue weighted by Crippen LogP contribution is 2.35. The Hall–Kier alpha value is -1.48. The third-order valence-electron chi connectivity index (χ3n) is 6.47. The molecule has 0 radical (unpaired) electrons. The molecular formula is C23H34N4O2S2. The largest absolute Gasteiger partial charge is 0.361 e. The second-order valence-corrected chi connectivity index (χ2v) is 11.6. The summed E-state index contributed by atoms with van der Waals surface area (Å²) >= 11 is 1.61. The van der Waals surface area contributed by atoms with Crippen LogP contribution in [-0.4, -0.2) is 39.1 Å². The fraction of sp³-hybridized carbons (Fsp3) is 0.609. The third kappa shape index (κ3) is 5.66. The summed E-state index contributed by atoms with van der Waals surface area (Å²) in [6.45, 7) is 6.33. The molecule has 1 atom stereocenters.